The molecule has 0 atom stereocenters. The Labute approximate surface area is 122 Å². The maximum absolute atomic E-state index is 5.31. The molecule has 108 valence electrons. The van der Waals surface area contributed by atoms with Crippen molar-refractivity contribution in [1.82, 2.24) is 5.32 Å². The van der Waals surface area contributed by atoms with Gasteiger partial charge in [0.2, 0.25) is 0 Å². The molecule has 0 spiro atoms. The summed E-state index contributed by atoms with van der Waals surface area (Å²) in [6.45, 7) is 10.3. The van der Waals surface area contributed by atoms with Crippen LogP contribution in [0.5, 0.6) is 0 Å². The monoisotopic (exact) mass is 281 g/mol. The smallest absolute Gasteiger partial charge is 0.0466 e. The number of ether oxygens (including phenoxy) is 1. The van der Waals surface area contributed by atoms with E-state index in [-0.39, 0.29) is 0 Å². The summed E-state index contributed by atoms with van der Waals surface area (Å²) in [4.78, 5) is 1.41. The number of aryl methyl sites for hydroxylation is 2. The molecule has 0 amide bonds. The summed E-state index contributed by atoms with van der Waals surface area (Å²) in [6.07, 6.45) is 2.36. The van der Waals surface area contributed by atoms with E-state index in [4.69, 9.17) is 4.74 Å². The molecule has 1 rings (SSSR count). The standard InChI is InChI=1S/C16H27NOS/c1-4-18-11-6-5-9-17-10-12-19-16-8-7-14(2)13-15(16)3/h7-8,13,17H,4-6,9-12H2,1-3H3. The fourth-order valence-corrected chi connectivity index (χ4v) is 2.84. The highest BCUT2D eigenvalue weighted by molar-refractivity contribution is 7.99. The topological polar surface area (TPSA) is 21.3 Å². The zero-order chi connectivity index (χ0) is 13.9. The number of hydrogen-bond donors (Lipinski definition) is 1. The Bertz CT molecular complexity index is 355. The first-order valence-electron chi connectivity index (χ1n) is 7.22. The fraction of sp³-hybridized carbons (Fsp3) is 0.625. The predicted molar refractivity (Wildman–Crippen MR) is 85.2 cm³/mol. The molecule has 1 N–H and O–H groups in total. The van der Waals surface area contributed by atoms with Gasteiger partial charge in [-0.2, -0.15) is 0 Å². The van der Waals surface area contributed by atoms with Crippen LogP contribution in [0.1, 0.15) is 30.9 Å². The van der Waals surface area contributed by atoms with Crippen LogP contribution in [0.3, 0.4) is 0 Å². The molecule has 0 bridgehead atoms. The maximum Gasteiger partial charge on any atom is 0.0466 e. The van der Waals surface area contributed by atoms with E-state index in [1.807, 2.05) is 18.7 Å². The molecular formula is C16H27NOS. The summed E-state index contributed by atoms with van der Waals surface area (Å²) in [5, 5.41) is 3.49. The van der Waals surface area contributed by atoms with Gasteiger partial charge in [0.05, 0.1) is 0 Å². The number of unbranched alkanes of at least 4 members (excludes halogenated alkanes) is 1. The number of benzene rings is 1. The molecule has 0 heterocycles. The van der Waals surface area contributed by atoms with Crippen LogP contribution < -0.4 is 5.32 Å². The SMILES string of the molecule is CCOCCCCNCCSc1ccc(C)cc1C. The van der Waals surface area contributed by atoms with Crippen molar-refractivity contribution in [3.05, 3.63) is 29.3 Å². The van der Waals surface area contributed by atoms with Gasteiger partial charge in [-0.1, -0.05) is 17.7 Å². The van der Waals surface area contributed by atoms with Crippen molar-refractivity contribution in [2.45, 2.75) is 38.5 Å². The highest BCUT2D eigenvalue weighted by Crippen LogP contribution is 2.22. The Balaban J connectivity index is 2.01. The summed E-state index contributed by atoms with van der Waals surface area (Å²) in [6, 6.07) is 6.68. The van der Waals surface area contributed by atoms with E-state index in [1.54, 1.807) is 0 Å². The third-order valence-electron chi connectivity index (χ3n) is 2.96. The zero-order valence-electron chi connectivity index (χ0n) is 12.5. The maximum atomic E-state index is 5.31. The summed E-state index contributed by atoms with van der Waals surface area (Å²) >= 11 is 1.94. The van der Waals surface area contributed by atoms with Gasteiger partial charge in [0.15, 0.2) is 0 Å². The summed E-state index contributed by atoms with van der Waals surface area (Å²) in [7, 11) is 0. The van der Waals surface area contributed by atoms with Gasteiger partial charge in [-0.3, -0.25) is 0 Å². The Morgan fingerprint density at radius 3 is 2.74 bits per heavy atom. The largest absolute Gasteiger partial charge is 0.382 e. The second kappa shape index (κ2) is 10.3. The zero-order valence-corrected chi connectivity index (χ0v) is 13.3. The number of nitrogens with one attached hydrogen (secondary N) is 1. The minimum atomic E-state index is 0.833. The average Bonchev–Trinajstić information content (AvgIpc) is 2.39. The van der Waals surface area contributed by atoms with E-state index in [1.165, 1.54) is 22.4 Å². The summed E-state index contributed by atoms with van der Waals surface area (Å²) < 4.78 is 5.31. The van der Waals surface area contributed by atoms with Gasteiger partial charge < -0.3 is 10.1 Å². The lowest BCUT2D eigenvalue weighted by molar-refractivity contribution is 0.143. The van der Waals surface area contributed by atoms with Gasteiger partial charge in [-0.15, -0.1) is 11.8 Å². The number of thioether (sulfide) groups is 1. The molecule has 3 heteroatoms. The van der Waals surface area contributed by atoms with E-state index in [0.29, 0.717) is 0 Å². The van der Waals surface area contributed by atoms with E-state index < -0.39 is 0 Å². The van der Waals surface area contributed by atoms with Crippen LogP contribution in [0, 0.1) is 13.8 Å². The van der Waals surface area contributed by atoms with Crippen LogP contribution in [-0.4, -0.2) is 32.1 Å². The highest BCUT2D eigenvalue weighted by atomic mass is 32.2. The van der Waals surface area contributed by atoms with Gasteiger partial charge in [-0.25, -0.2) is 0 Å². The first-order valence-corrected chi connectivity index (χ1v) is 8.21. The Kier molecular flexibility index (Phi) is 8.97. The van der Waals surface area contributed by atoms with E-state index in [2.05, 4.69) is 37.4 Å². The molecule has 1 aromatic rings. The Hall–Kier alpha value is -0.510. The lowest BCUT2D eigenvalue weighted by Crippen LogP contribution is -2.18. The van der Waals surface area contributed by atoms with E-state index in [9.17, 15) is 0 Å². The van der Waals surface area contributed by atoms with Crippen LogP contribution in [0.2, 0.25) is 0 Å². The third-order valence-corrected chi connectivity index (χ3v) is 4.14. The molecule has 0 radical (unpaired) electrons. The van der Waals surface area contributed by atoms with Gasteiger partial charge in [-0.05, 0) is 51.8 Å². The normalized spacial score (nSPS) is 10.9. The highest BCUT2D eigenvalue weighted by Gasteiger charge is 1.98. The molecule has 0 aliphatic carbocycles. The molecule has 0 saturated heterocycles. The van der Waals surface area contributed by atoms with Crippen molar-refractivity contribution in [2.24, 2.45) is 0 Å². The molecule has 1 aromatic carbocycles. The summed E-state index contributed by atoms with van der Waals surface area (Å²) in [5.41, 5.74) is 2.73. The quantitative estimate of drug-likeness (QED) is 0.520. The second-order valence-electron chi connectivity index (χ2n) is 4.77. The van der Waals surface area contributed by atoms with Crippen molar-refractivity contribution in [3.8, 4) is 0 Å². The van der Waals surface area contributed by atoms with E-state index >= 15 is 0 Å². The molecule has 0 fully saturated rings. The lowest BCUT2D eigenvalue weighted by atomic mass is 10.2. The van der Waals surface area contributed by atoms with Gasteiger partial charge in [0.1, 0.15) is 0 Å². The number of rotatable bonds is 10. The van der Waals surface area contributed by atoms with Gasteiger partial charge >= 0.3 is 0 Å². The minimum absolute atomic E-state index is 0.833. The van der Waals surface area contributed by atoms with Crippen molar-refractivity contribution < 1.29 is 4.74 Å². The average molecular weight is 281 g/mol. The first kappa shape index (κ1) is 16.5. The predicted octanol–water partition coefficient (Wildman–Crippen LogP) is 3.80. The van der Waals surface area contributed by atoms with Crippen molar-refractivity contribution in [2.75, 3.05) is 32.1 Å². The first-order chi connectivity index (χ1) is 9.24. The van der Waals surface area contributed by atoms with Crippen LogP contribution in [0.25, 0.3) is 0 Å². The number of hydrogen-bond acceptors (Lipinski definition) is 3. The molecule has 0 saturated carbocycles. The van der Waals surface area contributed by atoms with Crippen LogP contribution in [0.15, 0.2) is 23.1 Å². The third kappa shape index (κ3) is 7.61. The van der Waals surface area contributed by atoms with Gasteiger partial charge in [0, 0.05) is 30.4 Å². The van der Waals surface area contributed by atoms with Gasteiger partial charge in [0.25, 0.3) is 0 Å². The van der Waals surface area contributed by atoms with Crippen LogP contribution in [0.4, 0.5) is 0 Å². The minimum Gasteiger partial charge on any atom is -0.382 e. The van der Waals surface area contributed by atoms with Crippen LogP contribution >= 0.6 is 11.8 Å². The molecule has 0 aliphatic heterocycles. The van der Waals surface area contributed by atoms with Crippen LogP contribution in [-0.2, 0) is 4.74 Å². The van der Waals surface area contributed by atoms with Crippen molar-refractivity contribution in [3.63, 3.8) is 0 Å². The molecular weight excluding hydrogens is 254 g/mol. The molecule has 0 aliphatic rings. The molecule has 2 nitrogen and oxygen atoms in total. The molecule has 0 aromatic heterocycles. The van der Waals surface area contributed by atoms with Crippen molar-refractivity contribution >= 4 is 11.8 Å². The molecule has 19 heavy (non-hydrogen) atoms. The second-order valence-corrected chi connectivity index (χ2v) is 5.91. The summed E-state index contributed by atoms with van der Waals surface area (Å²) in [5.74, 6) is 1.13. The lowest BCUT2D eigenvalue weighted by Gasteiger charge is -2.07. The fourth-order valence-electron chi connectivity index (χ4n) is 1.92. The molecule has 0 unspecified atom stereocenters. The Morgan fingerprint density at radius 1 is 1.16 bits per heavy atom. The Morgan fingerprint density at radius 2 is 2.00 bits per heavy atom. The van der Waals surface area contributed by atoms with E-state index in [0.717, 1.165) is 38.5 Å². The van der Waals surface area contributed by atoms with Crippen molar-refractivity contribution in [1.29, 1.82) is 0 Å².